The normalized spacial score (nSPS) is 12.8. The maximum Gasteiger partial charge on any atom is 0.227 e. The van der Waals surface area contributed by atoms with Gasteiger partial charge in [-0.05, 0) is 24.6 Å². The number of carbonyl (C=O) groups excluding carboxylic acids is 2. The van der Waals surface area contributed by atoms with Gasteiger partial charge in [0.25, 0.3) is 0 Å². The van der Waals surface area contributed by atoms with Crippen molar-refractivity contribution in [2.24, 2.45) is 0 Å². The number of fused-ring (bicyclic) bond motifs is 1. The highest BCUT2D eigenvalue weighted by atomic mass is 32.2. The lowest BCUT2D eigenvalue weighted by Crippen LogP contribution is -2.38. The largest absolute Gasteiger partial charge is 0.490 e. The quantitative estimate of drug-likeness (QED) is 0.691. The van der Waals surface area contributed by atoms with Crippen LogP contribution in [0.2, 0.25) is 0 Å². The summed E-state index contributed by atoms with van der Waals surface area (Å²) in [5.74, 6) is 2.39. The van der Waals surface area contributed by atoms with Gasteiger partial charge in [0.05, 0.1) is 12.2 Å². The molecule has 5 nitrogen and oxygen atoms in total. The van der Waals surface area contributed by atoms with E-state index in [0.717, 1.165) is 22.9 Å². The minimum atomic E-state index is -0.0779. The van der Waals surface area contributed by atoms with Crippen molar-refractivity contribution in [2.45, 2.75) is 25.5 Å². The van der Waals surface area contributed by atoms with Gasteiger partial charge >= 0.3 is 0 Å². The highest BCUT2D eigenvalue weighted by Gasteiger charge is 2.23. The molecule has 0 unspecified atom stereocenters. The van der Waals surface area contributed by atoms with Gasteiger partial charge in [0.15, 0.2) is 0 Å². The molecule has 148 valence electrons. The summed E-state index contributed by atoms with van der Waals surface area (Å²) in [6, 6.07) is 16.0. The summed E-state index contributed by atoms with van der Waals surface area (Å²) in [6.07, 6.45) is 0.414. The number of hydrogen-bond donors (Lipinski definition) is 1. The fourth-order valence-electron chi connectivity index (χ4n) is 3.01. The minimum Gasteiger partial charge on any atom is -0.490 e. The fraction of sp³-hybridized carbons (Fsp3) is 0.364. The first-order chi connectivity index (χ1) is 13.6. The average molecular weight is 399 g/mol. The molecule has 1 heterocycles. The van der Waals surface area contributed by atoms with Gasteiger partial charge in [0.2, 0.25) is 11.8 Å². The number of thioether (sulfide) groups is 1. The van der Waals surface area contributed by atoms with Crippen molar-refractivity contribution in [2.75, 3.05) is 30.3 Å². The number of benzene rings is 2. The number of carbonyl (C=O) groups is 2. The Balaban J connectivity index is 1.33. The first kappa shape index (κ1) is 20.3. The molecule has 0 saturated heterocycles. The smallest absolute Gasteiger partial charge is 0.227 e. The van der Waals surface area contributed by atoms with E-state index in [9.17, 15) is 9.59 Å². The highest BCUT2D eigenvalue weighted by Crippen LogP contribution is 2.31. The van der Waals surface area contributed by atoms with Gasteiger partial charge < -0.3 is 15.0 Å². The van der Waals surface area contributed by atoms with Crippen LogP contribution in [0.1, 0.15) is 24.0 Å². The standard InChI is InChI=1S/C22H26N2O3S/c1-17-6-8-18(9-7-17)16-28-15-12-23-21(25)10-11-22(26)24-13-14-27-20-5-3-2-4-19(20)24/h2-9H,10-16H2,1H3,(H,23,25). The van der Waals surface area contributed by atoms with Crippen LogP contribution in [0.15, 0.2) is 48.5 Å². The molecule has 1 N–H and O–H groups in total. The number of rotatable bonds is 8. The van der Waals surface area contributed by atoms with Crippen LogP contribution in [0, 0.1) is 6.92 Å². The number of amides is 2. The highest BCUT2D eigenvalue weighted by molar-refractivity contribution is 7.98. The zero-order valence-electron chi connectivity index (χ0n) is 16.1. The Labute approximate surface area is 170 Å². The lowest BCUT2D eigenvalue weighted by molar-refractivity contribution is -0.125. The molecule has 0 aromatic heterocycles. The van der Waals surface area contributed by atoms with E-state index >= 15 is 0 Å². The molecule has 28 heavy (non-hydrogen) atoms. The molecular formula is C22H26N2O3S. The van der Waals surface area contributed by atoms with E-state index in [0.29, 0.717) is 19.7 Å². The van der Waals surface area contributed by atoms with Gasteiger partial charge in [-0.25, -0.2) is 0 Å². The predicted octanol–water partition coefficient (Wildman–Crippen LogP) is 3.55. The molecule has 0 bridgehead atoms. The molecule has 0 spiro atoms. The molecule has 1 aliphatic heterocycles. The fourth-order valence-corrected chi connectivity index (χ4v) is 3.83. The van der Waals surface area contributed by atoms with E-state index in [-0.39, 0.29) is 24.7 Å². The van der Waals surface area contributed by atoms with Crippen LogP contribution >= 0.6 is 11.8 Å². The van der Waals surface area contributed by atoms with Crippen LogP contribution in [0.25, 0.3) is 0 Å². The first-order valence-corrected chi connectivity index (χ1v) is 10.7. The Hall–Kier alpha value is -2.47. The van der Waals surface area contributed by atoms with Crippen molar-refractivity contribution >= 4 is 29.3 Å². The second kappa shape index (κ2) is 10.2. The number of anilines is 1. The van der Waals surface area contributed by atoms with E-state index in [1.54, 1.807) is 16.7 Å². The maximum atomic E-state index is 12.5. The number of ether oxygens (including phenoxy) is 1. The Kier molecular flexibility index (Phi) is 7.37. The van der Waals surface area contributed by atoms with Crippen molar-refractivity contribution in [3.05, 3.63) is 59.7 Å². The molecule has 6 heteroatoms. The van der Waals surface area contributed by atoms with E-state index in [4.69, 9.17) is 4.74 Å². The lowest BCUT2D eigenvalue weighted by Gasteiger charge is -2.29. The maximum absolute atomic E-state index is 12.5. The molecular weight excluding hydrogens is 372 g/mol. The Bertz CT molecular complexity index is 808. The van der Waals surface area contributed by atoms with Crippen LogP contribution in [0.5, 0.6) is 5.75 Å². The third-order valence-corrected chi connectivity index (χ3v) is 5.58. The predicted molar refractivity (Wildman–Crippen MR) is 114 cm³/mol. The zero-order valence-corrected chi connectivity index (χ0v) is 17.0. The third kappa shape index (κ3) is 5.76. The number of nitrogens with zero attached hydrogens (tertiary/aromatic N) is 1. The van der Waals surface area contributed by atoms with Crippen molar-refractivity contribution < 1.29 is 14.3 Å². The zero-order chi connectivity index (χ0) is 19.8. The van der Waals surface area contributed by atoms with Crippen molar-refractivity contribution in [3.63, 3.8) is 0 Å². The van der Waals surface area contributed by atoms with Gasteiger partial charge in [-0.2, -0.15) is 11.8 Å². The molecule has 0 fully saturated rings. The summed E-state index contributed by atoms with van der Waals surface area (Å²) in [6.45, 7) is 3.69. The van der Waals surface area contributed by atoms with Crippen molar-refractivity contribution in [3.8, 4) is 5.75 Å². The van der Waals surface area contributed by atoms with E-state index in [1.807, 2.05) is 24.3 Å². The molecule has 2 aromatic carbocycles. The van der Waals surface area contributed by atoms with Gasteiger partial charge in [0, 0.05) is 30.9 Å². The number of aryl methyl sites for hydroxylation is 1. The topological polar surface area (TPSA) is 58.6 Å². The molecule has 0 radical (unpaired) electrons. The molecule has 2 amide bonds. The second-order valence-corrected chi connectivity index (χ2v) is 7.85. The molecule has 0 aliphatic carbocycles. The van der Waals surface area contributed by atoms with Crippen LogP contribution in [0.3, 0.4) is 0 Å². The summed E-state index contributed by atoms with van der Waals surface area (Å²) in [5, 5.41) is 2.90. The Morgan fingerprint density at radius 2 is 1.89 bits per heavy atom. The minimum absolute atomic E-state index is 0.0420. The summed E-state index contributed by atoms with van der Waals surface area (Å²) in [7, 11) is 0. The molecule has 1 aliphatic rings. The first-order valence-electron chi connectivity index (χ1n) is 9.55. The average Bonchev–Trinajstić information content (AvgIpc) is 2.72. The molecule has 0 saturated carbocycles. The van der Waals surface area contributed by atoms with Gasteiger partial charge in [-0.15, -0.1) is 0 Å². The van der Waals surface area contributed by atoms with Crippen molar-refractivity contribution in [1.82, 2.24) is 5.32 Å². The Morgan fingerprint density at radius 3 is 2.71 bits per heavy atom. The molecule has 0 atom stereocenters. The van der Waals surface area contributed by atoms with E-state index < -0.39 is 0 Å². The van der Waals surface area contributed by atoms with E-state index in [2.05, 4.69) is 36.5 Å². The summed E-state index contributed by atoms with van der Waals surface area (Å²) >= 11 is 1.79. The van der Waals surface area contributed by atoms with Gasteiger partial charge in [-0.1, -0.05) is 42.0 Å². The van der Waals surface area contributed by atoms with Crippen molar-refractivity contribution in [1.29, 1.82) is 0 Å². The molecule has 3 rings (SSSR count). The number of nitrogens with one attached hydrogen (secondary N) is 1. The number of hydrogen-bond acceptors (Lipinski definition) is 4. The molecule has 2 aromatic rings. The van der Waals surface area contributed by atoms with Crippen LogP contribution in [-0.4, -0.2) is 37.3 Å². The van der Waals surface area contributed by atoms with Crippen LogP contribution < -0.4 is 15.0 Å². The lowest BCUT2D eigenvalue weighted by atomic mass is 10.2. The SMILES string of the molecule is Cc1ccc(CSCCNC(=O)CCC(=O)N2CCOc3ccccc32)cc1. The van der Waals surface area contributed by atoms with Gasteiger partial charge in [-0.3, -0.25) is 9.59 Å². The van der Waals surface area contributed by atoms with Crippen LogP contribution in [0.4, 0.5) is 5.69 Å². The van der Waals surface area contributed by atoms with Gasteiger partial charge in [0.1, 0.15) is 12.4 Å². The summed E-state index contributed by atoms with van der Waals surface area (Å²) < 4.78 is 5.57. The second-order valence-electron chi connectivity index (χ2n) is 6.75. The number of para-hydroxylation sites is 2. The summed E-state index contributed by atoms with van der Waals surface area (Å²) in [4.78, 5) is 26.3. The Morgan fingerprint density at radius 1 is 1.11 bits per heavy atom. The monoisotopic (exact) mass is 398 g/mol. The van der Waals surface area contributed by atoms with E-state index in [1.165, 1.54) is 11.1 Å². The third-order valence-electron chi connectivity index (χ3n) is 4.55. The van der Waals surface area contributed by atoms with Crippen LogP contribution in [-0.2, 0) is 15.3 Å². The summed E-state index contributed by atoms with van der Waals surface area (Å²) in [5.41, 5.74) is 3.33.